The first-order valence-electron chi connectivity index (χ1n) is 6.74. The van der Waals surface area contributed by atoms with Crippen LogP contribution in [0.15, 0.2) is 11.6 Å². The van der Waals surface area contributed by atoms with Crippen molar-refractivity contribution in [2.45, 2.75) is 53.1 Å². The van der Waals surface area contributed by atoms with Gasteiger partial charge in [0.05, 0.1) is 6.10 Å². The van der Waals surface area contributed by atoms with Crippen molar-refractivity contribution in [2.75, 3.05) is 0 Å². The molecule has 0 aromatic carbocycles. The van der Waals surface area contributed by atoms with E-state index in [-0.39, 0.29) is 6.10 Å². The quantitative estimate of drug-likeness (QED) is 0.620. The summed E-state index contributed by atoms with van der Waals surface area (Å²) in [6, 6.07) is 0. The normalized spacial score (nSPS) is 53.7. The summed E-state index contributed by atoms with van der Waals surface area (Å²) in [5.41, 5.74) is 2.42. The van der Waals surface area contributed by atoms with Crippen molar-refractivity contribution in [3.8, 4) is 0 Å². The maximum Gasteiger partial charge on any atom is 0.0574 e. The lowest BCUT2D eigenvalue weighted by Gasteiger charge is -2.36. The predicted octanol–water partition coefficient (Wildman–Crippen LogP) is 3.39. The molecule has 5 unspecified atom stereocenters. The van der Waals surface area contributed by atoms with E-state index in [0.717, 1.165) is 18.3 Å². The van der Waals surface area contributed by atoms with Gasteiger partial charge >= 0.3 is 0 Å². The molecule has 0 radical (unpaired) electrons. The molecule has 3 aliphatic carbocycles. The maximum atomic E-state index is 10.2. The lowest BCUT2D eigenvalue weighted by atomic mass is 9.68. The van der Waals surface area contributed by atoms with Gasteiger partial charge in [-0.3, -0.25) is 0 Å². The molecule has 2 saturated carbocycles. The molecule has 0 amide bonds. The molecule has 90 valence electrons. The standard InChI is InChI=1S/C15H24O/c1-9-5-6-15-8-11(9)14(3,4)13(15)7-12(16)10(15)2/h5,10-13,16H,6-8H2,1-4H3. The van der Waals surface area contributed by atoms with Gasteiger partial charge in [-0.05, 0) is 54.8 Å². The molecule has 0 aromatic rings. The van der Waals surface area contributed by atoms with Crippen molar-refractivity contribution in [1.29, 1.82) is 0 Å². The molecule has 3 rings (SSSR count). The van der Waals surface area contributed by atoms with E-state index in [9.17, 15) is 5.11 Å². The number of aliphatic hydroxyl groups is 1. The second-order valence-electron chi connectivity index (χ2n) is 7.11. The van der Waals surface area contributed by atoms with E-state index < -0.39 is 0 Å². The third-order valence-electron chi connectivity index (χ3n) is 6.39. The van der Waals surface area contributed by atoms with Crippen molar-refractivity contribution in [3.63, 3.8) is 0 Å². The maximum absolute atomic E-state index is 10.2. The molecule has 0 aromatic heterocycles. The van der Waals surface area contributed by atoms with Crippen molar-refractivity contribution >= 4 is 0 Å². The van der Waals surface area contributed by atoms with E-state index in [1.807, 2.05) is 0 Å². The van der Waals surface area contributed by atoms with E-state index >= 15 is 0 Å². The fourth-order valence-electron chi connectivity index (χ4n) is 5.29. The lowest BCUT2D eigenvalue weighted by molar-refractivity contribution is 0.0804. The summed E-state index contributed by atoms with van der Waals surface area (Å²) in [6.45, 7) is 9.44. The SMILES string of the molecule is CC1=CCC23CC1C(C)(C)C2CC(O)C3C. The largest absolute Gasteiger partial charge is 0.393 e. The van der Waals surface area contributed by atoms with Gasteiger partial charge in [-0.25, -0.2) is 0 Å². The average molecular weight is 220 g/mol. The van der Waals surface area contributed by atoms with E-state index in [2.05, 4.69) is 33.8 Å². The molecule has 1 nitrogen and oxygen atoms in total. The summed E-state index contributed by atoms with van der Waals surface area (Å²) in [4.78, 5) is 0. The number of aliphatic hydroxyl groups excluding tert-OH is 1. The van der Waals surface area contributed by atoms with E-state index in [4.69, 9.17) is 0 Å². The number of allylic oxidation sites excluding steroid dienone is 2. The highest BCUT2D eigenvalue weighted by Gasteiger charge is 2.65. The van der Waals surface area contributed by atoms with Gasteiger partial charge in [0.1, 0.15) is 0 Å². The summed E-state index contributed by atoms with van der Waals surface area (Å²) in [5.74, 6) is 1.98. The van der Waals surface area contributed by atoms with Crippen molar-refractivity contribution in [3.05, 3.63) is 11.6 Å². The zero-order valence-corrected chi connectivity index (χ0v) is 11.0. The molecular weight excluding hydrogens is 196 g/mol. The van der Waals surface area contributed by atoms with Crippen LogP contribution in [0, 0.1) is 28.6 Å². The molecule has 1 spiro atoms. The van der Waals surface area contributed by atoms with Crippen LogP contribution >= 0.6 is 0 Å². The third kappa shape index (κ3) is 1.01. The predicted molar refractivity (Wildman–Crippen MR) is 66.0 cm³/mol. The van der Waals surface area contributed by atoms with Crippen LogP contribution in [-0.2, 0) is 0 Å². The molecule has 2 bridgehead atoms. The molecule has 2 fully saturated rings. The van der Waals surface area contributed by atoms with Crippen LogP contribution in [0.1, 0.15) is 47.0 Å². The molecule has 16 heavy (non-hydrogen) atoms. The molecule has 1 N–H and O–H groups in total. The Morgan fingerprint density at radius 1 is 1.38 bits per heavy atom. The van der Waals surface area contributed by atoms with Crippen LogP contribution < -0.4 is 0 Å². The van der Waals surface area contributed by atoms with Gasteiger partial charge in [0, 0.05) is 0 Å². The Morgan fingerprint density at radius 2 is 2.06 bits per heavy atom. The highest BCUT2D eigenvalue weighted by Crippen LogP contribution is 2.71. The highest BCUT2D eigenvalue weighted by atomic mass is 16.3. The second kappa shape index (κ2) is 2.93. The van der Waals surface area contributed by atoms with Gasteiger partial charge in [-0.15, -0.1) is 0 Å². The smallest absolute Gasteiger partial charge is 0.0574 e. The van der Waals surface area contributed by atoms with Crippen LogP contribution in [0.25, 0.3) is 0 Å². The number of fused-ring (bicyclic) bond motifs is 1. The Kier molecular flexibility index (Phi) is 1.98. The summed E-state index contributed by atoms with van der Waals surface area (Å²) in [6.07, 6.45) is 5.97. The highest BCUT2D eigenvalue weighted by molar-refractivity contribution is 5.26. The molecule has 0 heterocycles. The monoisotopic (exact) mass is 220 g/mol. The molecular formula is C15H24O. The first-order chi connectivity index (χ1) is 7.39. The average Bonchev–Trinajstić information content (AvgIpc) is 2.57. The number of hydrogen-bond donors (Lipinski definition) is 1. The summed E-state index contributed by atoms with van der Waals surface area (Å²) < 4.78 is 0. The van der Waals surface area contributed by atoms with E-state index in [0.29, 0.717) is 16.7 Å². The summed E-state index contributed by atoms with van der Waals surface area (Å²) in [7, 11) is 0. The molecule has 0 aliphatic heterocycles. The summed E-state index contributed by atoms with van der Waals surface area (Å²) in [5, 5.41) is 10.2. The molecule has 0 saturated heterocycles. The Bertz CT molecular complexity index is 354. The van der Waals surface area contributed by atoms with Gasteiger partial charge < -0.3 is 5.11 Å². The molecule has 5 atom stereocenters. The van der Waals surface area contributed by atoms with Crippen LogP contribution in [0.3, 0.4) is 0 Å². The second-order valence-corrected chi connectivity index (χ2v) is 7.11. The van der Waals surface area contributed by atoms with Gasteiger partial charge in [0.15, 0.2) is 0 Å². The first-order valence-corrected chi connectivity index (χ1v) is 6.74. The van der Waals surface area contributed by atoms with Gasteiger partial charge in [0.2, 0.25) is 0 Å². The number of hydrogen-bond acceptors (Lipinski definition) is 1. The summed E-state index contributed by atoms with van der Waals surface area (Å²) >= 11 is 0. The van der Waals surface area contributed by atoms with E-state index in [1.165, 1.54) is 12.8 Å². The topological polar surface area (TPSA) is 20.2 Å². The van der Waals surface area contributed by atoms with Crippen LogP contribution in [0.5, 0.6) is 0 Å². The van der Waals surface area contributed by atoms with Crippen molar-refractivity contribution < 1.29 is 5.11 Å². The minimum atomic E-state index is -0.0583. The van der Waals surface area contributed by atoms with Crippen molar-refractivity contribution in [2.24, 2.45) is 28.6 Å². The minimum absolute atomic E-state index is 0.0583. The lowest BCUT2D eigenvalue weighted by Crippen LogP contribution is -2.31. The Hall–Kier alpha value is -0.300. The fraction of sp³-hybridized carbons (Fsp3) is 0.867. The van der Waals surface area contributed by atoms with E-state index in [1.54, 1.807) is 5.57 Å². The number of rotatable bonds is 0. The Labute approximate surface area is 98.9 Å². The molecule has 3 aliphatic rings. The van der Waals surface area contributed by atoms with Crippen LogP contribution in [0.2, 0.25) is 0 Å². The van der Waals surface area contributed by atoms with Gasteiger partial charge in [-0.1, -0.05) is 32.4 Å². The zero-order valence-electron chi connectivity index (χ0n) is 11.0. The fourth-order valence-corrected chi connectivity index (χ4v) is 5.29. The Morgan fingerprint density at radius 3 is 2.75 bits per heavy atom. The van der Waals surface area contributed by atoms with Crippen LogP contribution in [-0.4, -0.2) is 11.2 Å². The van der Waals surface area contributed by atoms with Gasteiger partial charge in [0.25, 0.3) is 0 Å². The first kappa shape index (κ1) is 10.8. The van der Waals surface area contributed by atoms with Crippen LogP contribution in [0.4, 0.5) is 0 Å². The third-order valence-corrected chi connectivity index (χ3v) is 6.39. The van der Waals surface area contributed by atoms with Crippen molar-refractivity contribution in [1.82, 2.24) is 0 Å². The minimum Gasteiger partial charge on any atom is -0.393 e. The zero-order chi connectivity index (χ0) is 11.7. The van der Waals surface area contributed by atoms with Gasteiger partial charge in [-0.2, -0.15) is 0 Å². The molecule has 1 heteroatoms. The Balaban J connectivity index is 2.10.